The molecule has 5 heteroatoms. The Labute approximate surface area is 81.7 Å². The molecule has 0 spiro atoms. The maximum Gasteiger partial charge on any atom is 0.307 e. The van der Waals surface area contributed by atoms with Gasteiger partial charge in [0.25, 0.3) is 0 Å². The van der Waals surface area contributed by atoms with Gasteiger partial charge in [-0.25, -0.2) is 0 Å². The Morgan fingerprint density at radius 1 is 1.29 bits per heavy atom. The molecule has 5 nitrogen and oxygen atoms in total. The molecule has 2 N–H and O–H groups in total. The molecule has 0 aromatic carbocycles. The average Bonchev–Trinajstić information content (AvgIpc) is 2.15. The molecule has 0 bridgehead atoms. The molecular weight excluding hydrogens is 188 g/mol. The van der Waals surface area contributed by atoms with E-state index in [9.17, 15) is 9.59 Å². The first-order valence-corrected chi connectivity index (χ1v) is 4.63. The number of carboxylic acids is 2. The van der Waals surface area contributed by atoms with Crippen molar-refractivity contribution in [1.29, 1.82) is 0 Å². The Bertz CT molecular complexity index is 219. The number of ether oxygens (including phenoxy) is 1. The zero-order valence-corrected chi connectivity index (χ0v) is 7.81. The fourth-order valence-electron chi connectivity index (χ4n) is 1.76. The van der Waals surface area contributed by atoms with Crippen LogP contribution in [-0.2, 0) is 14.3 Å². The van der Waals surface area contributed by atoms with Crippen LogP contribution in [0.1, 0.15) is 19.3 Å². The van der Waals surface area contributed by atoms with Gasteiger partial charge in [0.1, 0.15) is 0 Å². The van der Waals surface area contributed by atoms with Crippen molar-refractivity contribution in [2.24, 2.45) is 11.8 Å². The van der Waals surface area contributed by atoms with Crippen LogP contribution in [0.3, 0.4) is 0 Å². The summed E-state index contributed by atoms with van der Waals surface area (Å²) in [7, 11) is 0. The number of aliphatic carboxylic acids is 2. The molecule has 0 unspecified atom stereocenters. The summed E-state index contributed by atoms with van der Waals surface area (Å²) in [5, 5.41) is 17.4. The van der Waals surface area contributed by atoms with Gasteiger partial charge in [-0.2, -0.15) is 0 Å². The van der Waals surface area contributed by atoms with Gasteiger partial charge in [0.15, 0.2) is 0 Å². The van der Waals surface area contributed by atoms with Gasteiger partial charge in [0.05, 0.1) is 12.3 Å². The fraction of sp³-hybridized carbons (Fsp3) is 0.778. The van der Waals surface area contributed by atoms with E-state index < -0.39 is 17.9 Å². The van der Waals surface area contributed by atoms with Gasteiger partial charge in [-0.15, -0.1) is 0 Å². The third-order valence-corrected chi connectivity index (χ3v) is 2.55. The molecular formula is C9H14O5. The number of hydrogen-bond acceptors (Lipinski definition) is 3. The van der Waals surface area contributed by atoms with Crippen molar-refractivity contribution < 1.29 is 24.5 Å². The lowest BCUT2D eigenvalue weighted by molar-refractivity contribution is -0.151. The van der Waals surface area contributed by atoms with E-state index in [2.05, 4.69) is 0 Å². The predicted molar refractivity (Wildman–Crippen MR) is 46.9 cm³/mol. The summed E-state index contributed by atoms with van der Waals surface area (Å²) in [5.74, 6) is -2.89. The maximum atomic E-state index is 10.8. The van der Waals surface area contributed by atoms with E-state index in [1.807, 2.05) is 0 Å². The Morgan fingerprint density at radius 3 is 2.29 bits per heavy atom. The highest BCUT2D eigenvalue weighted by molar-refractivity contribution is 5.77. The molecule has 1 aliphatic rings. The van der Waals surface area contributed by atoms with Crippen molar-refractivity contribution in [1.82, 2.24) is 0 Å². The highest BCUT2D eigenvalue weighted by Gasteiger charge is 2.31. The van der Waals surface area contributed by atoms with Crippen LogP contribution in [0.4, 0.5) is 0 Å². The Morgan fingerprint density at radius 2 is 1.86 bits per heavy atom. The Balaban J connectivity index is 2.56. The molecule has 1 atom stereocenters. The third kappa shape index (κ3) is 2.99. The van der Waals surface area contributed by atoms with E-state index in [0.717, 1.165) is 0 Å². The smallest absolute Gasteiger partial charge is 0.307 e. The largest absolute Gasteiger partial charge is 0.481 e. The van der Waals surface area contributed by atoms with Crippen LogP contribution in [0.25, 0.3) is 0 Å². The highest BCUT2D eigenvalue weighted by Crippen LogP contribution is 2.26. The van der Waals surface area contributed by atoms with Gasteiger partial charge in [-0.3, -0.25) is 9.59 Å². The van der Waals surface area contributed by atoms with Crippen LogP contribution in [0.5, 0.6) is 0 Å². The first-order chi connectivity index (χ1) is 6.61. The molecule has 0 saturated carbocycles. The number of carbonyl (C=O) groups is 2. The van der Waals surface area contributed by atoms with E-state index >= 15 is 0 Å². The van der Waals surface area contributed by atoms with Crippen LogP contribution >= 0.6 is 0 Å². The van der Waals surface area contributed by atoms with E-state index in [4.69, 9.17) is 14.9 Å². The molecule has 80 valence electrons. The second-order valence-electron chi connectivity index (χ2n) is 3.49. The van der Waals surface area contributed by atoms with E-state index in [-0.39, 0.29) is 12.3 Å². The van der Waals surface area contributed by atoms with E-state index in [1.54, 1.807) is 0 Å². The molecule has 0 radical (unpaired) electrons. The molecule has 14 heavy (non-hydrogen) atoms. The van der Waals surface area contributed by atoms with Crippen LogP contribution in [0.2, 0.25) is 0 Å². The quantitative estimate of drug-likeness (QED) is 0.697. The monoisotopic (exact) mass is 202 g/mol. The van der Waals surface area contributed by atoms with E-state index in [0.29, 0.717) is 26.1 Å². The first-order valence-electron chi connectivity index (χ1n) is 4.63. The summed E-state index contributed by atoms with van der Waals surface area (Å²) in [6, 6.07) is 0. The summed E-state index contributed by atoms with van der Waals surface area (Å²) >= 11 is 0. The zero-order chi connectivity index (χ0) is 10.6. The van der Waals surface area contributed by atoms with Crippen LogP contribution in [0.15, 0.2) is 0 Å². The van der Waals surface area contributed by atoms with Crippen molar-refractivity contribution in [3.63, 3.8) is 0 Å². The summed E-state index contributed by atoms with van der Waals surface area (Å²) < 4.78 is 5.09. The minimum Gasteiger partial charge on any atom is -0.481 e. The van der Waals surface area contributed by atoms with Gasteiger partial charge in [-0.1, -0.05) is 0 Å². The van der Waals surface area contributed by atoms with Crippen molar-refractivity contribution in [2.75, 3.05) is 13.2 Å². The molecule has 0 aliphatic carbocycles. The lowest BCUT2D eigenvalue weighted by atomic mass is 9.84. The lowest BCUT2D eigenvalue weighted by Gasteiger charge is -2.26. The molecule has 0 aromatic heterocycles. The highest BCUT2D eigenvalue weighted by atomic mass is 16.5. The second kappa shape index (κ2) is 4.95. The SMILES string of the molecule is O=C(O)C[C@@H](C(=O)O)C1CCOCC1. The zero-order valence-electron chi connectivity index (χ0n) is 7.81. The molecule has 1 aliphatic heterocycles. The third-order valence-electron chi connectivity index (χ3n) is 2.55. The number of hydrogen-bond donors (Lipinski definition) is 2. The lowest BCUT2D eigenvalue weighted by Crippen LogP contribution is -2.30. The van der Waals surface area contributed by atoms with Crippen LogP contribution in [0, 0.1) is 11.8 Å². The van der Waals surface area contributed by atoms with E-state index in [1.165, 1.54) is 0 Å². The van der Waals surface area contributed by atoms with Crippen molar-refractivity contribution in [3.8, 4) is 0 Å². The summed E-state index contributed by atoms with van der Waals surface area (Å²) in [6.07, 6.45) is 0.995. The minimum atomic E-state index is -1.05. The van der Waals surface area contributed by atoms with Gasteiger partial charge in [0.2, 0.25) is 0 Å². The van der Waals surface area contributed by atoms with Crippen molar-refractivity contribution in [2.45, 2.75) is 19.3 Å². The van der Waals surface area contributed by atoms with Crippen LogP contribution < -0.4 is 0 Å². The van der Waals surface area contributed by atoms with Gasteiger partial charge in [-0.05, 0) is 18.8 Å². The maximum absolute atomic E-state index is 10.8. The number of carboxylic acid groups (broad SMARTS) is 2. The molecule has 0 aromatic rings. The topological polar surface area (TPSA) is 83.8 Å². The Hall–Kier alpha value is -1.10. The Kier molecular flexibility index (Phi) is 3.88. The second-order valence-corrected chi connectivity index (χ2v) is 3.49. The van der Waals surface area contributed by atoms with Crippen molar-refractivity contribution >= 4 is 11.9 Å². The molecule has 1 rings (SSSR count). The fourth-order valence-corrected chi connectivity index (χ4v) is 1.76. The molecule has 1 fully saturated rings. The molecule has 1 heterocycles. The van der Waals surface area contributed by atoms with Crippen LogP contribution in [-0.4, -0.2) is 35.4 Å². The van der Waals surface area contributed by atoms with Crippen molar-refractivity contribution in [3.05, 3.63) is 0 Å². The number of rotatable bonds is 4. The molecule has 1 saturated heterocycles. The normalized spacial score (nSPS) is 20.3. The first kappa shape index (κ1) is 11.0. The van der Waals surface area contributed by atoms with Gasteiger partial charge in [0, 0.05) is 13.2 Å². The summed E-state index contributed by atoms with van der Waals surface area (Å²) in [6.45, 7) is 1.07. The van der Waals surface area contributed by atoms with Gasteiger partial charge >= 0.3 is 11.9 Å². The molecule has 0 amide bonds. The summed E-state index contributed by atoms with van der Waals surface area (Å²) in [4.78, 5) is 21.3. The minimum absolute atomic E-state index is 0.0580. The average molecular weight is 202 g/mol. The predicted octanol–water partition coefficient (Wildman–Crippen LogP) is 0.588. The standard InChI is InChI=1S/C9H14O5/c10-8(11)5-7(9(12)13)6-1-3-14-4-2-6/h6-7H,1-5H2,(H,10,11)(H,12,13)/t7-/m1/s1. The van der Waals surface area contributed by atoms with Gasteiger partial charge < -0.3 is 14.9 Å². The summed E-state index contributed by atoms with van der Waals surface area (Å²) in [5.41, 5.74) is 0.